The summed E-state index contributed by atoms with van der Waals surface area (Å²) in [6.45, 7) is 15.7. The molecule has 0 bridgehead atoms. The van der Waals surface area contributed by atoms with Crippen molar-refractivity contribution in [2.75, 3.05) is 5.73 Å². The van der Waals surface area contributed by atoms with Gasteiger partial charge in [0.25, 0.3) is 0 Å². The van der Waals surface area contributed by atoms with Crippen LogP contribution in [0.5, 0.6) is 0 Å². The number of nitrogens with zero attached hydrogens (tertiary/aromatic N) is 4. The Morgan fingerprint density at radius 1 is 1.02 bits per heavy atom. The molecule has 1 saturated carbocycles. The number of fused-ring (bicyclic) bond motifs is 2. The van der Waals surface area contributed by atoms with Crippen molar-refractivity contribution in [1.29, 1.82) is 0 Å². The van der Waals surface area contributed by atoms with Gasteiger partial charge in [-0.15, -0.1) is 0 Å². The van der Waals surface area contributed by atoms with Crippen LogP contribution in [-0.4, -0.2) is 74.5 Å². The first-order chi connectivity index (χ1) is 19.2. The van der Waals surface area contributed by atoms with Crippen molar-refractivity contribution in [2.45, 2.75) is 113 Å². The average molecular weight is 674 g/mol. The molecule has 42 heavy (non-hydrogen) atoms. The van der Waals surface area contributed by atoms with E-state index >= 15 is 0 Å². The van der Waals surface area contributed by atoms with Crippen LogP contribution in [0, 0.1) is 0 Å². The Balaban J connectivity index is 1.72. The van der Waals surface area contributed by atoms with Gasteiger partial charge in [0.2, 0.25) is 5.28 Å². The molecule has 2 aromatic rings. The molecule has 236 valence electrons. The van der Waals surface area contributed by atoms with Crippen molar-refractivity contribution in [1.82, 2.24) is 19.5 Å². The van der Waals surface area contributed by atoms with Crippen molar-refractivity contribution < 1.29 is 43.5 Å². The summed E-state index contributed by atoms with van der Waals surface area (Å²) in [5, 5.41) is -0.250. The van der Waals surface area contributed by atoms with Crippen LogP contribution < -0.4 is 5.73 Å². The molecular weight excluding hydrogens is 639 g/mol. The zero-order valence-electron chi connectivity index (χ0n) is 24.3. The summed E-state index contributed by atoms with van der Waals surface area (Å²) in [4.78, 5) is 12.1. The van der Waals surface area contributed by atoms with E-state index in [0.29, 0.717) is 0 Å². The van der Waals surface area contributed by atoms with E-state index in [0.717, 1.165) is 0 Å². The summed E-state index contributed by atoms with van der Waals surface area (Å²) in [5.74, 6) is -0.0820. The van der Waals surface area contributed by atoms with Gasteiger partial charge < -0.3 is 23.4 Å². The predicted molar refractivity (Wildman–Crippen MR) is 150 cm³/mol. The van der Waals surface area contributed by atoms with Gasteiger partial charge in [-0.1, -0.05) is 55.4 Å². The van der Waals surface area contributed by atoms with Crippen molar-refractivity contribution in [3.63, 3.8) is 0 Å². The summed E-state index contributed by atoms with van der Waals surface area (Å²) in [5.41, 5.74) is -1.95. The normalized spacial score (nSPS) is 30.8. The molecule has 5 atom stereocenters. The van der Waals surface area contributed by atoms with Gasteiger partial charge in [0, 0.05) is 0 Å². The van der Waals surface area contributed by atoms with Gasteiger partial charge in [-0.3, -0.25) is 8.75 Å². The Labute approximate surface area is 249 Å². The number of hydrogen-bond acceptors (Lipinski definition) is 11. The maximum absolute atomic E-state index is 13.8. The van der Waals surface area contributed by atoms with E-state index in [1.807, 2.05) is 55.4 Å². The monoisotopic (exact) mass is 673 g/mol. The van der Waals surface area contributed by atoms with Gasteiger partial charge in [0.1, 0.15) is 23.3 Å². The summed E-state index contributed by atoms with van der Waals surface area (Å²) >= 11 is 6.02. The van der Waals surface area contributed by atoms with E-state index < -0.39 is 62.9 Å². The zero-order chi connectivity index (χ0) is 31.4. The first-order valence-electron chi connectivity index (χ1n) is 13.6. The third kappa shape index (κ3) is 4.46. The van der Waals surface area contributed by atoms with Crippen LogP contribution in [0.4, 0.5) is 19.0 Å². The zero-order valence-corrected chi connectivity index (χ0v) is 27.9. The lowest BCUT2D eigenvalue weighted by Crippen LogP contribution is -2.61. The number of nitrogen functional groups attached to an aromatic ring is 1. The van der Waals surface area contributed by atoms with E-state index in [2.05, 4.69) is 15.0 Å². The summed E-state index contributed by atoms with van der Waals surface area (Å²) < 4.78 is 100.0. The number of alkyl halides is 3. The summed E-state index contributed by atoms with van der Waals surface area (Å²) in [6, 6.07) is 0. The second-order valence-electron chi connectivity index (χ2n) is 12.2. The van der Waals surface area contributed by atoms with E-state index in [1.165, 1.54) is 10.9 Å². The topological polar surface area (TPSA) is 150 Å². The largest absolute Gasteiger partial charge is 0.523 e. The Kier molecular flexibility index (Phi) is 7.67. The quantitative estimate of drug-likeness (QED) is 0.185. The molecule has 0 aromatic carbocycles. The fourth-order valence-corrected chi connectivity index (χ4v) is 18.5. The van der Waals surface area contributed by atoms with Gasteiger partial charge in [-0.2, -0.15) is 31.6 Å². The van der Waals surface area contributed by atoms with Gasteiger partial charge in [-0.05, 0) is 33.8 Å². The van der Waals surface area contributed by atoms with Crippen molar-refractivity contribution in [3.8, 4) is 0 Å². The second kappa shape index (κ2) is 10.1. The lowest BCUT2D eigenvalue weighted by atomic mass is 10.1. The predicted octanol–water partition coefficient (Wildman–Crippen LogP) is 4.90. The third-order valence-electron chi connectivity index (χ3n) is 8.44. The summed E-state index contributed by atoms with van der Waals surface area (Å²) in [7, 11) is -12.7. The highest BCUT2D eigenvalue weighted by Gasteiger charge is 2.86. The van der Waals surface area contributed by atoms with Crippen LogP contribution in [0.3, 0.4) is 0 Å². The second-order valence-corrected chi connectivity index (χ2v) is 22.9. The SMILES string of the molecule is CC(C)[Si]1(C(C)C)OC2[C@H]3O[C@@H](n4cnc5c(N)nc(Cl)nc54)[C@H](OS(=O)(=O)C(F)(F)F)[C@@]23O[Si](C(C)C)(C(C)C)O1. The Morgan fingerprint density at radius 3 is 2.12 bits per heavy atom. The fraction of sp³-hybridized carbons (Fsp3) is 0.783. The number of anilines is 1. The minimum absolute atomic E-state index is 0.0138. The van der Waals surface area contributed by atoms with E-state index in [4.69, 9.17) is 39.2 Å². The molecule has 2 aromatic heterocycles. The Bertz CT molecular complexity index is 1480. The highest BCUT2D eigenvalue weighted by Crippen LogP contribution is 2.66. The maximum Gasteiger partial charge on any atom is 0.523 e. The molecule has 2 aliphatic heterocycles. The van der Waals surface area contributed by atoms with Gasteiger partial charge in [-0.25, -0.2) is 4.98 Å². The molecule has 5 rings (SSSR count). The maximum atomic E-state index is 13.8. The van der Waals surface area contributed by atoms with Gasteiger partial charge in [0.05, 0.1) is 6.33 Å². The molecule has 3 fully saturated rings. The molecule has 2 saturated heterocycles. The van der Waals surface area contributed by atoms with E-state index in [1.54, 1.807) is 0 Å². The Morgan fingerprint density at radius 2 is 1.60 bits per heavy atom. The highest BCUT2D eigenvalue weighted by molar-refractivity contribution is 7.87. The first kappa shape index (κ1) is 32.0. The number of halogens is 4. The molecule has 1 aliphatic carbocycles. The van der Waals surface area contributed by atoms with Crippen LogP contribution in [0.2, 0.25) is 27.4 Å². The minimum atomic E-state index is -6.13. The molecule has 0 amide bonds. The fourth-order valence-electron chi connectivity index (χ4n) is 6.30. The average Bonchev–Trinajstić information content (AvgIpc) is 3.07. The number of imidazole rings is 1. The smallest absolute Gasteiger partial charge is 0.414 e. The van der Waals surface area contributed by atoms with Gasteiger partial charge in [0.15, 0.2) is 23.8 Å². The molecule has 1 unspecified atom stereocenters. The standard InChI is InChI=1S/C23H35ClF3N5O7SSi2/c1-10(2)41(11(3)4)37-16-15-22(16,38-42(39-41,12(5)6)13(7)8)17(36-40(33,34)23(25,26)27)20(35-15)32-9-29-14-18(28)30-21(24)31-19(14)32/h9-13,15-17,20H,1-8H3,(H2,28,30,31)/t15-,16?,17+,20-,22+/m1/s1. The van der Waals surface area contributed by atoms with Crippen molar-refractivity contribution in [2.24, 2.45) is 0 Å². The van der Waals surface area contributed by atoms with Gasteiger partial charge >= 0.3 is 32.7 Å². The molecule has 4 heterocycles. The van der Waals surface area contributed by atoms with Crippen LogP contribution in [0.1, 0.15) is 61.6 Å². The minimum Gasteiger partial charge on any atom is -0.414 e. The van der Waals surface area contributed by atoms with Crippen LogP contribution in [-0.2, 0) is 32.0 Å². The molecule has 12 nitrogen and oxygen atoms in total. The lowest BCUT2D eigenvalue weighted by molar-refractivity contribution is -0.0938. The molecule has 0 radical (unpaired) electrons. The summed E-state index contributed by atoms with van der Waals surface area (Å²) in [6.07, 6.45) is -4.05. The molecule has 2 N–H and O–H groups in total. The number of aromatic nitrogens is 4. The van der Waals surface area contributed by atoms with Crippen LogP contribution >= 0.6 is 11.6 Å². The Hall–Kier alpha value is -1.39. The van der Waals surface area contributed by atoms with Crippen LogP contribution in [0.25, 0.3) is 11.2 Å². The number of hydrogen-bond donors (Lipinski definition) is 1. The number of ether oxygens (including phenoxy) is 1. The highest BCUT2D eigenvalue weighted by atomic mass is 35.5. The molecular formula is C23H35ClF3N5O7SSi2. The van der Waals surface area contributed by atoms with Crippen molar-refractivity contribution >= 4 is 55.8 Å². The lowest BCUT2D eigenvalue weighted by Gasteiger charge is -2.47. The molecule has 3 aliphatic rings. The number of rotatable bonds is 7. The van der Waals surface area contributed by atoms with E-state index in [-0.39, 0.29) is 44.4 Å². The third-order valence-corrected chi connectivity index (χ3v) is 19.9. The molecule has 19 heteroatoms. The van der Waals surface area contributed by atoms with Crippen molar-refractivity contribution in [3.05, 3.63) is 11.6 Å². The van der Waals surface area contributed by atoms with Crippen LogP contribution in [0.15, 0.2) is 6.33 Å². The van der Waals surface area contributed by atoms with E-state index in [9.17, 15) is 21.6 Å². The first-order valence-corrected chi connectivity index (χ1v) is 19.4. The molecule has 1 spiro atoms. The number of nitrogens with two attached hydrogens (primary N) is 1.